The number of benzene rings is 2. The van der Waals surface area contributed by atoms with Gasteiger partial charge >= 0.3 is 0 Å². The van der Waals surface area contributed by atoms with Crippen molar-refractivity contribution in [2.75, 3.05) is 0 Å². The molecule has 0 aromatic heterocycles. The maximum atomic E-state index is 10.7. The van der Waals surface area contributed by atoms with Crippen molar-refractivity contribution in [1.82, 2.24) is 0 Å². The smallest absolute Gasteiger partial charge is 0.258 e. The maximum absolute atomic E-state index is 10.7. The third-order valence-corrected chi connectivity index (χ3v) is 2.68. The molecule has 0 amide bonds. The standard InChI is InChI=1S/C14H13N3O2/c1-2-11-10-13(17(18)19)8-9-14(11)16-15-12-6-4-3-5-7-12/h3-10H,2H2,1H3. The van der Waals surface area contributed by atoms with Crippen molar-refractivity contribution in [2.45, 2.75) is 13.3 Å². The molecule has 2 aromatic rings. The molecule has 0 aliphatic rings. The molecule has 5 heteroatoms. The first-order valence-corrected chi connectivity index (χ1v) is 5.95. The van der Waals surface area contributed by atoms with Crippen LogP contribution in [0, 0.1) is 10.1 Å². The molecule has 0 spiro atoms. The van der Waals surface area contributed by atoms with Crippen molar-refractivity contribution in [3.63, 3.8) is 0 Å². The van der Waals surface area contributed by atoms with Crippen LogP contribution < -0.4 is 0 Å². The second kappa shape index (κ2) is 5.86. The van der Waals surface area contributed by atoms with Crippen molar-refractivity contribution in [3.8, 4) is 0 Å². The molecule has 0 aliphatic heterocycles. The highest BCUT2D eigenvalue weighted by Gasteiger charge is 2.09. The Balaban J connectivity index is 2.30. The molecule has 0 radical (unpaired) electrons. The summed E-state index contributed by atoms with van der Waals surface area (Å²) in [5, 5.41) is 19.0. The van der Waals surface area contributed by atoms with Crippen LogP contribution in [0.2, 0.25) is 0 Å². The normalized spacial score (nSPS) is 10.8. The van der Waals surface area contributed by atoms with Crippen LogP contribution in [0.1, 0.15) is 12.5 Å². The van der Waals surface area contributed by atoms with E-state index in [1.807, 2.05) is 37.3 Å². The summed E-state index contributed by atoms with van der Waals surface area (Å²) in [6.07, 6.45) is 0.671. The van der Waals surface area contributed by atoms with Crippen molar-refractivity contribution in [2.24, 2.45) is 10.2 Å². The average molecular weight is 255 g/mol. The van der Waals surface area contributed by atoms with E-state index in [1.54, 1.807) is 12.1 Å². The fraction of sp³-hybridized carbons (Fsp3) is 0.143. The van der Waals surface area contributed by atoms with Crippen LogP contribution in [-0.4, -0.2) is 4.92 Å². The second-order valence-corrected chi connectivity index (χ2v) is 3.96. The highest BCUT2D eigenvalue weighted by atomic mass is 16.6. The second-order valence-electron chi connectivity index (χ2n) is 3.96. The maximum Gasteiger partial charge on any atom is 0.269 e. The van der Waals surface area contributed by atoms with Gasteiger partial charge in [-0.05, 0) is 30.2 Å². The number of non-ortho nitro benzene ring substituents is 1. The molecule has 5 nitrogen and oxygen atoms in total. The fourth-order valence-corrected chi connectivity index (χ4v) is 1.67. The van der Waals surface area contributed by atoms with Gasteiger partial charge in [-0.15, -0.1) is 0 Å². The van der Waals surface area contributed by atoms with Gasteiger partial charge in [-0.3, -0.25) is 10.1 Å². The SMILES string of the molecule is CCc1cc([N+](=O)[O-])ccc1N=Nc1ccccc1. The summed E-state index contributed by atoms with van der Waals surface area (Å²) in [4.78, 5) is 10.3. The van der Waals surface area contributed by atoms with Gasteiger partial charge in [-0.2, -0.15) is 10.2 Å². The number of hydrogen-bond acceptors (Lipinski definition) is 4. The van der Waals surface area contributed by atoms with Crippen LogP contribution in [0.4, 0.5) is 17.1 Å². The van der Waals surface area contributed by atoms with Crippen LogP contribution in [0.3, 0.4) is 0 Å². The first-order valence-electron chi connectivity index (χ1n) is 5.95. The van der Waals surface area contributed by atoms with E-state index in [9.17, 15) is 10.1 Å². The Morgan fingerprint density at radius 3 is 2.47 bits per heavy atom. The van der Waals surface area contributed by atoms with Gasteiger partial charge in [0.1, 0.15) is 0 Å². The van der Waals surface area contributed by atoms with Crippen molar-refractivity contribution >= 4 is 17.1 Å². The Hall–Kier alpha value is -2.56. The summed E-state index contributed by atoms with van der Waals surface area (Å²) >= 11 is 0. The van der Waals surface area contributed by atoms with E-state index in [4.69, 9.17) is 0 Å². The summed E-state index contributed by atoms with van der Waals surface area (Å²) < 4.78 is 0. The zero-order valence-electron chi connectivity index (χ0n) is 10.5. The summed E-state index contributed by atoms with van der Waals surface area (Å²) in [5.74, 6) is 0. The number of nitrogens with zero attached hydrogens (tertiary/aromatic N) is 3. The molecule has 0 heterocycles. The van der Waals surface area contributed by atoms with E-state index in [1.165, 1.54) is 6.07 Å². The molecule has 0 saturated carbocycles. The van der Waals surface area contributed by atoms with Crippen molar-refractivity contribution in [3.05, 3.63) is 64.2 Å². The Labute approximate surface area is 110 Å². The lowest BCUT2D eigenvalue weighted by atomic mass is 10.1. The van der Waals surface area contributed by atoms with Gasteiger partial charge in [0, 0.05) is 12.1 Å². The Bertz CT molecular complexity index is 609. The third-order valence-electron chi connectivity index (χ3n) is 2.68. The molecule has 0 fully saturated rings. The predicted molar refractivity (Wildman–Crippen MR) is 73.1 cm³/mol. The van der Waals surface area contributed by atoms with Crippen LogP contribution in [0.15, 0.2) is 58.8 Å². The van der Waals surface area contributed by atoms with E-state index in [2.05, 4.69) is 10.2 Å². The molecular weight excluding hydrogens is 242 g/mol. The summed E-state index contributed by atoms with van der Waals surface area (Å²) in [6, 6.07) is 14.0. The number of azo groups is 1. The van der Waals surface area contributed by atoms with E-state index in [0.717, 1.165) is 11.3 Å². The fourth-order valence-electron chi connectivity index (χ4n) is 1.67. The molecule has 0 bridgehead atoms. The molecule has 0 unspecified atom stereocenters. The number of nitro benzene ring substituents is 1. The van der Waals surface area contributed by atoms with Crippen LogP contribution in [0.25, 0.3) is 0 Å². The molecule has 0 atom stereocenters. The minimum Gasteiger partial charge on any atom is -0.258 e. The van der Waals surface area contributed by atoms with E-state index < -0.39 is 4.92 Å². The molecule has 2 aromatic carbocycles. The van der Waals surface area contributed by atoms with Crippen molar-refractivity contribution in [1.29, 1.82) is 0 Å². The average Bonchev–Trinajstić information content (AvgIpc) is 2.45. The monoisotopic (exact) mass is 255 g/mol. The van der Waals surface area contributed by atoms with Gasteiger partial charge in [-0.1, -0.05) is 25.1 Å². The highest BCUT2D eigenvalue weighted by Crippen LogP contribution is 2.26. The molecule has 0 saturated heterocycles. The van der Waals surface area contributed by atoms with Gasteiger partial charge in [0.2, 0.25) is 0 Å². The lowest BCUT2D eigenvalue weighted by Gasteiger charge is -2.01. The lowest BCUT2D eigenvalue weighted by Crippen LogP contribution is -1.90. The van der Waals surface area contributed by atoms with E-state index >= 15 is 0 Å². The van der Waals surface area contributed by atoms with Crippen LogP contribution in [0.5, 0.6) is 0 Å². The lowest BCUT2D eigenvalue weighted by molar-refractivity contribution is -0.384. The third kappa shape index (κ3) is 3.22. The zero-order valence-corrected chi connectivity index (χ0v) is 10.5. The molecule has 19 heavy (non-hydrogen) atoms. The number of nitro groups is 1. The molecule has 0 aliphatic carbocycles. The molecular formula is C14H13N3O2. The van der Waals surface area contributed by atoms with Crippen molar-refractivity contribution < 1.29 is 4.92 Å². The Morgan fingerprint density at radius 2 is 1.84 bits per heavy atom. The summed E-state index contributed by atoms with van der Waals surface area (Å²) in [5.41, 5.74) is 2.31. The largest absolute Gasteiger partial charge is 0.269 e. The van der Waals surface area contributed by atoms with Gasteiger partial charge in [-0.25, -0.2) is 0 Å². The summed E-state index contributed by atoms with van der Waals surface area (Å²) in [6.45, 7) is 1.93. The van der Waals surface area contributed by atoms with Crippen LogP contribution >= 0.6 is 0 Å². The van der Waals surface area contributed by atoms with Gasteiger partial charge < -0.3 is 0 Å². The predicted octanol–water partition coefficient (Wildman–Crippen LogP) is 4.57. The first-order chi connectivity index (χ1) is 9.20. The topological polar surface area (TPSA) is 67.9 Å². The summed E-state index contributed by atoms with van der Waals surface area (Å²) in [7, 11) is 0. The number of aryl methyl sites for hydroxylation is 1. The Kier molecular flexibility index (Phi) is 3.97. The zero-order chi connectivity index (χ0) is 13.7. The van der Waals surface area contributed by atoms with Gasteiger partial charge in [0.15, 0.2) is 0 Å². The minimum atomic E-state index is -0.405. The molecule has 0 N–H and O–H groups in total. The molecule has 2 rings (SSSR count). The van der Waals surface area contributed by atoms with E-state index in [0.29, 0.717) is 12.1 Å². The Morgan fingerprint density at radius 1 is 1.11 bits per heavy atom. The quantitative estimate of drug-likeness (QED) is 0.456. The number of hydrogen-bond donors (Lipinski definition) is 0. The van der Waals surface area contributed by atoms with Gasteiger partial charge in [0.25, 0.3) is 5.69 Å². The minimum absolute atomic E-state index is 0.0792. The van der Waals surface area contributed by atoms with Crippen LogP contribution in [-0.2, 0) is 6.42 Å². The highest BCUT2D eigenvalue weighted by molar-refractivity contribution is 5.52. The molecule has 96 valence electrons. The van der Waals surface area contributed by atoms with Gasteiger partial charge in [0.05, 0.1) is 16.3 Å². The van der Waals surface area contributed by atoms with E-state index in [-0.39, 0.29) is 5.69 Å². The first kappa shape index (κ1) is 12.9. The number of rotatable bonds is 4.